The summed E-state index contributed by atoms with van der Waals surface area (Å²) in [4.78, 5) is 8.87. The van der Waals surface area contributed by atoms with Gasteiger partial charge in [0, 0.05) is 17.7 Å². The van der Waals surface area contributed by atoms with E-state index in [0.29, 0.717) is 5.15 Å². The average molecular weight is 306 g/mol. The third kappa shape index (κ3) is 3.64. The number of nitrogens with one attached hydrogen (secondary N) is 1. The summed E-state index contributed by atoms with van der Waals surface area (Å²) in [6, 6.07) is 5.87. The summed E-state index contributed by atoms with van der Waals surface area (Å²) in [7, 11) is 1.66. The number of nitrogens with zero attached hydrogens (tertiary/aromatic N) is 2. The molecule has 0 spiro atoms. The summed E-state index contributed by atoms with van der Waals surface area (Å²) >= 11 is 6.20. The fourth-order valence-corrected chi connectivity index (χ4v) is 2.21. The molecule has 1 aromatic heterocycles. The van der Waals surface area contributed by atoms with Crippen LogP contribution in [-0.4, -0.2) is 17.1 Å². The van der Waals surface area contributed by atoms with Crippen molar-refractivity contribution in [2.24, 2.45) is 0 Å². The van der Waals surface area contributed by atoms with Crippen LogP contribution in [0, 0.1) is 13.8 Å². The highest BCUT2D eigenvalue weighted by atomic mass is 35.5. The van der Waals surface area contributed by atoms with E-state index in [1.54, 1.807) is 7.11 Å². The highest BCUT2D eigenvalue weighted by Crippen LogP contribution is 2.27. The first-order chi connectivity index (χ1) is 10.0. The Morgan fingerprint density at radius 2 is 2.00 bits per heavy atom. The number of ether oxygens (including phenoxy) is 1. The maximum Gasteiger partial charge on any atom is 0.138 e. The van der Waals surface area contributed by atoms with Crippen molar-refractivity contribution in [2.75, 3.05) is 12.4 Å². The Labute approximate surface area is 130 Å². The lowest BCUT2D eigenvalue weighted by Crippen LogP contribution is -2.04. The van der Waals surface area contributed by atoms with Crippen LogP contribution >= 0.6 is 11.6 Å². The molecule has 1 aromatic carbocycles. The fourth-order valence-electron chi connectivity index (χ4n) is 2.02. The van der Waals surface area contributed by atoms with Crippen LogP contribution in [0.4, 0.5) is 11.5 Å². The Morgan fingerprint density at radius 3 is 2.62 bits per heavy atom. The Kier molecular flexibility index (Phi) is 5.02. The van der Waals surface area contributed by atoms with Gasteiger partial charge in [0.1, 0.15) is 22.5 Å². The maximum atomic E-state index is 6.20. The van der Waals surface area contributed by atoms with Crippen molar-refractivity contribution in [1.29, 1.82) is 0 Å². The molecule has 1 N–H and O–H groups in total. The van der Waals surface area contributed by atoms with Crippen LogP contribution < -0.4 is 10.1 Å². The van der Waals surface area contributed by atoms with Crippen LogP contribution in [0.25, 0.3) is 0 Å². The zero-order chi connectivity index (χ0) is 15.4. The number of hydrogen-bond donors (Lipinski definition) is 1. The normalized spacial score (nSPS) is 10.5. The number of rotatable bonds is 5. The lowest BCUT2D eigenvalue weighted by atomic mass is 10.2. The zero-order valence-electron chi connectivity index (χ0n) is 12.8. The van der Waals surface area contributed by atoms with E-state index in [4.69, 9.17) is 16.3 Å². The van der Waals surface area contributed by atoms with E-state index in [2.05, 4.69) is 22.2 Å². The predicted molar refractivity (Wildman–Crippen MR) is 86.8 cm³/mol. The molecule has 0 atom stereocenters. The first-order valence-corrected chi connectivity index (χ1v) is 7.37. The van der Waals surface area contributed by atoms with Crippen LogP contribution in [0.1, 0.15) is 30.3 Å². The summed E-state index contributed by atoms with van der Waals surface area (Å²) in [5.41, 5.74) is 2.92. The molecule has 1 heterocycles. The number of halogens is 1. The van der Waals surface area contributed by atoms with E-state index in [0.717, 1.165) is 47.0 Å². The van der Waals surface area contributed by atoms with Gasteiger partial charge in [0.15, 0.2) is 0 Å². The molecule has 0 saturated heterocycles. The van der Waals surface area contributed by atoms with Crippen molar-refractivity contribution < 1.29 is 4.74 Å². The van der Waals surface area contributed by atoms with Gasteiger partial charge in [-0.3, -0.25) is 0 Å². The topological polar surface area (TPSA) is 47.0 Å². The molecule has 5 heteroatoms. The number of benzene rings is 1. The molecular formula is C16H20ClN3O. The third-order valence-corrected chi connectivity index (χ3v) is 3.66. The van der Waals surface area contributed by atoms with Gasteiger partial charge in [-0.2, -0.15) is 0 Å². The lowest BCUT2D eigenvalue weighted by molar-refractivity contribution is 0.414. The zero-order valence-corrected chi connectivity index (χ0v) is 13.6. The van der Waals surface area contributed by atoms with Crippen LogP contribution in [0.5, 0.6) is 5.75 Å². The summed E-state index contributed by atoms with van der Waals surface area (Å²) in [5, 5.41) is 3.84. The Morgan fingerprint density at radius 1 is 1.24 bits per heavy atom. The van der Waals surface area contributed by atoms with Gasteiger partial charge in [-0.25, -0.2) is 9.97 Å². The molecule has 112 valence electrons. The largest absolute Gasteiger partial charge is 0.497 e. The van der Waals surface area contributed by atoms with Gasteiger partial charge in [0.05, 0.1) is 7.11 Å². The number of anilines is 2. The molecule has 4 nitrogen and oxygen atoms in total. The summed E-state index contributed by atoms with van der Waals surface area (Å²) in [5.74, 6) is 2.36. The summed E-state index contributed by atoms with van der Waals surface area (Å²) in [6.07, 6.45) is 1.80. The Bertz CT molecular complexity index is 644. The number of hydrogen-bond acceptors (Lipinski definition) is 4. The van der Waals surface area contributed by atoms with Crippen molar-refractivity contribution in [3.05, 3.63) is 40.3 Å². The van der Waals surface area contributed by atoms with E-state index in [1.807, 2.05) is 32.0 Å². The molecule has 0 radical (unpaired) electrons. The minimum absolute atomic E-state index is 0.502. The summed E-state index contributed by atoms with van der Waals surface area (Å²) < 4.78 is 5.22. The first kappa shape index (κ1) is 15.6. The van der Waals surface area contributed by atoms with Crippen molar-refractivity contribution in [2.45, 2.75) is 33.6 Å². The second kappa shape index (κ2) is 6.76. The average Bonchev–Trinajstić information content (AvgIpc) is 2.46. The highest BCUT2D eigenvalue weighted by Gasteiger charge is 2.10. The SMILES string of the molecule is CCCc1nc(Cl)c(C)c(Nc2ccc(OC)cc2C)n1. The second-order valence-electron chi connectivity index (χ2n) is 4.96. The molecule has 2 rings (SSSR count). The molecular weight excluding hydrogens is 286 g/mol. The van der Waals surface area contributed by atoms with Crippen molar-refractivity contribution in [3.8, 4) is 5.75 Å². The van der Waals surface area contributed by atoms with Crippen LogP contribution in [-0.2, 0) is 6.42 Å². The fraction of sp³-hybridized carbons (Fsp3) is 0.375. The van der Waals surface area contributed by atoms with E-state index in [1.165, 1.54) is 0 Å². The van der Waals surface area contributed by atoms with Gasteiger partial charge < -0.3 is 10.1 Å². The van der Waals surface area contributed by atoms with Crippen molar-refractivity contribution in [3.63, 3.8) is 0 Å². The molecule has 0 bridgehead atoms. The van der Waals surface area contributed by atoms with Crippen molar-refractivity contribution in [1.82, 2.24) is 9.97 Å². The molecule has 0 fully saturated rings. The smallest absolute Gasteiger partial charge is 0.138 e. The van der Waals surface area contributed by atoms with Gasteiger partial charge in [0.2, 0.25) is 0 Å². The van der Waals surface area contributed by atoms with Crippen LogP contribution in [0.15, 0.2) is 18.2 Å². The van der Waals surface area contributed by atoms with Crippen LogP contribution in [0.2, 0.25) is 5.15 Å². The van der Waals surface area contributed by atoms with Gasteiger partial charge >= 0.3 is 0 Å². The van der Waals surface area contributed by atoms with Gasteiger partial charge in [-0.1, -0.05) is 18.5 Å². The Hall–Kier alpha value is -1.81. The summed E-state index contributed by atoms with van der Waals surface area (Å²) in [6.45, 7) is 6.03. The van der Waals surface area contributed by atoms with Gasteiger partial charge in [-0.05, 0) is 44.0 Å². The number of aromatic nitrogens is 2. The molecule has 0 amide bonds. The molecule has 0 aliphatic heterocycles. The minimum atomic E-state index is 0.502. The van der Waals surface area contributed by atoms with E-state index in [9.17, 15) is 0 Å². The van der Waals surface area contributed by atoms with E-state index >= 15 is 0 Å². The quantitative estimate of drug-likeness (QED) is 0.829. The minimum Gasteiger partial charge on any atom is -0.497 e. The molecule has 21 heavy (non-hydrogen) atoms. The molecule has 0 aliphatic rings. The van der Waals surface area contributed by atoms with Crippen molar-refractivity contribution >= 4 is 23.1 Å². The standard InChI is InChI=1S/C16H20ClN3O/c1-5-6-14-19-15(17)11(3)16(20-14)18-13-8-7-12(21-4)9-10(13)2/h7-9H,5-6H2,1-4H3,(H,18,19,20). The van der Waals surface area contributed by atoms with E-state index < -0.39 is 0 Å². The second-order valence-corrected chi connectivity index (χ2v) is 5.32. The maximum absolute atomic E-state index is 6.20. The molecule has 0 aliphatic carbocycles. The third-order valence-electron chi connectivity index (χ3n) is 3.29. The monoisotopic (exact) mass is 305 g/mol. The number of aryl methyl sites for hydroxylation is 2. The van der Waals surface area contributed by atoms with E-state index in [-0.39, 0.29) is 0 Å². The van der Waals surface area contributed by atoms with Crippen LogP contribution in [0.3, 0.4) is 0 Å². The van der Waals surface area contributed by atoms with Gasteiger partial charge in [-0.15, -0.1) is 0 Å². The lowest BCUT2D eigenvalue weighted by Gasteiger charge is -2.14. The molecule has 0 unspecified atom stereocenters. The Balaban J connectivity index is 2.34. The predicted octanol–water partition coefficient (Wildman–Crippen LogP) is 4.45. The van der Waals surface area contributed by atoms with Gasteiger partial charge in [0.25, 0.3) is 0 Å². The number of methoxy groups -OCH3 is 1. The molecule has 2 aromatic rings. The highest BCUT2D eigenvalue weighted by molar-refractivity contribution is 6.30. The first-order valence-electron chi connectivity index (χ1n) is 6.99. The molecule has 0 saturated carbocycles.